The van der Waals surface area contributed by atoms with Crippen molar-refractivity contribution in [2.24, 2.45) is 5.92 Å². The van der Waals surface area contributed by atoms with Crippen molar-refractivity contribution in [3.05, 3.63) is 72.4 Å². The Balaban J connectivity index is 1.96. The van der Waals surface area contributed by atoms with Crippen molar-refractivity contribution in [3.63, 3.8) is 0 Å². The summed E-state index contributed by atoms with van der Waals surface area (Å²) in [5.74, 6) is -1.60. The first-order valence-corrected chi connectivity index (χ1v) is 9.68. The summed E-state index contributed by atoms with van der Waals surface area (Å²) < 4.78 is 5.58. The van der Waals surface area contributed by atoms with Crippen LogP contribution in [0.3, 0.4) is 0 Å². The van der Waals surface area contributed by atoms with E-state index in [0.717, 1.165) is 0 Å². The molecular formula is C23H24N2O5. The summed E-state index contributed by atoms with van der Waals surface area (Å²) in [5.41, 5.74) is 1.02. The molecule has 1 aliphatic rings. The Morgan fingerprint density at radius 1 is 1.03 bits per heavy atom. The van der Waals surface area contributed by atoms with E-state index in [2.05, 4.69) is 0 Å². The average Bonchev–Trinajstić information content (AvgIpc) is 2.74. The van der Waals surface area contributed by atoms with Gasteiger partial charge in [-0.3, -0.25) is 19.3 Å². The number of ether oxygens (including phenoxy) is 1. The van der Waals surface area contributed by atoms with Crippen LogP contribution in [0.15, 0.2) is 66.9 Å². The Morgan fingerprint density at radius 3 is 2.20 bits per heavy atom. The fraction of sp³-hybridized carbons (Fsp3) is 0.261. The Kier molecular flexibility index (Phi) is 6.51. The van der Waals surface area contributed by atoms with Crippen molar-refractivity contribution in [1.29, 1.82) is 0 Å². The quantitative estimate of drug-likeness (QED) is 0.761. The number of aliphatic carboxylic acids is 1. The van der Waals surface area contributed by atoms with E-state index >= 15 is 0 Å². The third-order valence-electron chi connectivity index (χ3n) is 4.76. The Morgan fingerprint density at radius 2 is 1.63 bits per heavy atom. The molecule has 30 heavy (non-hydrogen) atoms. The number of carbonyl (C=O) groups is 3. The van der Waals surface area contributed by atoms with Gasteiger partial charge in [0.2, 0.25) is 0 Å². The molecule has 2 amide bonds. The number of benzene rings is 2. The van der Waals surface area contributed by atoms with Gasteiger partial charge in [0, 0.05) is 6.20 Å². The van der Waals surface area contributed by atoms with Gasteiger partial charge in [-0.25, -0.2) is 0 Å². The molecule has 1 aliphatic heterocycles. The van der Waals surface area contributed by atoms with Gasteiger partial charge >= 0.3 is 5.97 Å². The molecule has 7 nitrogen and oxygen atoms in total. The molecule has 2 aromatic rings. The van der Waals surface area contributed by atoms with E-state index in [-0.39, 0.29) is 18.4 Å². The summed E-state index contributed by atoms with van der Waals surface area (Å²) in [6, 6.07) is 17.1. The molecule has 0 aliphatic carbocycles. The average molecular weight is 408 g/mol. The van der Waals surface area contributed by atoms with Crippen molar-refractivity contribution in [1.82, 2.24) is 9.80 Å². The molecule has 0 unspecified atom stereocenters. The lowest BCUT2D eigenvalue weighted by Crippen LogP contribution is -2.56. The lowest BCUT2D eigenvalue weighted by atomic mass is 9.97. The van der Waals surface area contributed by atoms with Gasteiger partial charge in [-0.1, -0.05) is 62.4 Å². The van der Waals surface area contributed by atoms with Gasteiger partial charge in [0.1, 0.15) is 18.3 Å². The van der Waals surface area contributed by atoms with Crippen LogP contribution in [0.1, 0.15) is 19.4 Å². The van der Waals surface area contributed by atoms with Gasteiger partial charge in [-0.15, -0.1) is 0 Å². The fourth-order valence-corrected chi connectivity index (χ4v) is 3.39. The van der Waals surface area contributed by atoms with Crippen molar-refractivity contribution in [2.45, 2.75) is 19.9 Å². The van der Waals surface area contributed by atoms with Crippen molar-refractivity contribution >= 4 is 23.5 Å². The summed E-state index contributed by atoms with van der Waals surface area (Å²) in [6.45, 7) is 2.92. The number of carboxylic acid groups (broad SMARTS) is 1. The van der Waals surface area contributed by atoms with E-state index in [9.17, 15) is 19.5 Å². The number of nitrogens with zero attached hydrogens (tertiary/aromatic N) is 2. The number of hydrogen-bond donors (Lipinski definition) is 1. The molecule has 1 N–H and O–H groups in total. The minimum absolute atomic E-state index is 0.219. The molecule has 0 fully saturated rings. The first-order chi connectivity index (χ1) is 14.4. The molecule has 0 radical (unpaired) electrons. The summed E-state index contributed by atoms with van der Waals surface area (Å²) >= 11 is 0. The standard InChI is InChI=1S/C23H24N2O5/c1-16(2)22-23(29)24(14-21(27)28)19(17-9-5-3-6-10-17)13-25(22)20(26)15-30-18-11-7-4-8-12-18/h3-13,16,22H,14-15H2,1-2H3,(H,27,28)/t22-/m0/s1. The number of para-hydroxylation sites is 1. The lowest BCUT2D eigenvalue weighted by molar-refractivity contribution is -0.149. The molecule has 1 heterocycles. The van der Waals surface area contributed by atoms with Gasteiger partial charge in [0.15, 0.2) is 6.61 Å². The fourth-order valence-electron chi connectivity index (χ4n) is 3.39. The predicted octanol–water partition coefficient (Wildman–Crippen LogP) is 2.84. The second-order valence-corrected chi connectivity index (χ2v) is 7.29. The van der Waals surface area contributed by atoms with Crippen LogP contribution in [0.25, 0.3) is 5.70 Å². The topological polar surface area (TPSA) is 87.2 Å². The zero-order valence-corrected chi connectivity index (χ0v) is 16.9. The van der Waals surface area contributed by atoms with Gasteiger partial charge in [0.05, 0.1) is 5.70 Å². The SMILES string of the molecule is CC(C)[C@H]1C(=O)N(CC(=O)O)C(c2ccccc2)=CN1C(=O)COc1ccccc1. The number of amides is 2. The van der Waals surface area contributed by atoms with Crippen LogP contribution in [-0.4, -0.2) is 51.9 Å². The van der Waals surface area contributed by atoms with E-state index in [1.165, 1.54) is 9.80 Å². The Hall–Kier alpha value is -3.61. The minimum Gasteiger partial charge on any atom is -0.484 e. The van der Waals surface area contributed by atoms with E-state index in [4.69, 9.17) is 4.74 Å². The molecule has 156 valence electrons. The Bertz CT molecular complexity index is 941. The van der Waals surface area contributed by atoms with Crippen LogP contribution < -0.4 is 4.74 Å². The third-order valence-corrected chi connectivity index (χ3v) is 4.76. The van der Waals surface area contributed by atoms with Gasteiger partial charge in [-0.05, 0) is 23.6 Å². The third kappa shape index (κ3) is 4.68. The van der Waals surface area contributed by atoms with E-state index in [1.807, 2.05) is 26.0 Å². The maximum absolute atomic E-state index is 13.3. The molecule has 0 aromatic heterocycles. The molecule has 1 atom stereocenters. The van der Waals surface area contributed by atoms with Crippen LogP contribution in [-0.2, 0) is 14.4 Å². The number of hydrogen-bond acceptors (Lipinski definition) is 4. The molecule has 7 heteroatoms. The highest BCUT2D eigenvalue weighted by molar-refractivity contribution is 5.99. The van der Waals surface area contributed by atoms with Crippen LogP contribution in [0.2, 0.25) is 0 Å². The predicted molar refractivity (Wildman–Crippen MR) is 111 cm³/mol. The van der Waals surface area contributed by atoms with Gasteiger partial charge < -0.3 is 14.7 Å². The highest BCUT2D eigenvalue weighted by Crippen LogP contribution is 2.30. The highest BCUT2D eigenvalue weighted by atomic mass is 16.5. The molecule has 0 saturated carbocycles. The van der Waals surface area contributed by atoms with Crippen molar-refractivity contribution in [3.8, 4) is 5.75 Å². The smallest absolute Gasteiger partial charge is 0.323 e. The normalized spacial score (nSPS) is 16.4. The molecule has 0 bridgehead atoms. The maximum atomic E-state index is 13.3. The Labute approximate surface area is 175 Å². The minimum atomic E-state index is -1.13. The summed E-state index contributed by atoms with van der Waals surface area (Å²) in [6.07, 6.45) is 1.56. The zero-order chi connectivity index (χ0) is 21.7. The second kappa shape index (κ2) is 9.26. The molecular weight excluding hydrogens is 384 g/mol. The monoisotopic (exact) mass is 408 g/mol. The van der Waals surface area contributed by atoms with Crippen LogP contribution in [0, 0.1) is 5.92 Å². The number of rotatable bonds is 7. The lowest BCUT2D eigenvalue weighted by Gasteiger charge is -2.40. The largest absolute Gasteiger partial charge is 0.484 e. The zero-order valence-electron chi connectivity index (χ0n) is 16.9. The summed E-state index contributed by atoms with van der Waals surface area (Å²) in [5, 5.41) is 9.34. The van der Waals surface area contributed by atoms with Crippen LogP contribution in [0.4, 0.5) is 0 Å². The summed E-state index contributed by atoms with van der Waals surface area (Å²) in [7, 11) is 0. The van der Waals surface area contributed by atoms with E-state index in [1.54, 1.807) is 54.7 Å². The van der Waals surface area contributed by atoms with Crippen LogP contribution in [0.5, 0.6) is 5.75 Å². The number of carboxylic acids is 1. The molecule has 0 saturated heterocycles. The van der Waals surface area contributed by atoms with Crippen LogP contribution >= 0.6 is 0 Å². The van der Waals surface area contributed by atoms with Crippen molar-refractivity contribution in [2.75, 3.05) is 13.2 Å². The summed E-state index contributed by atoms with van der Waals surface area (Å²) in [4.78, 5) is 40.3. The first kappa shape index (κ1) is 21.1. The van der Waals surface area contributed by atoms with E-state index < -0.39 is 24.5 Å². The number of carbonyl (C=O) groups excluding carboxylic acids is 2. The van der Waals surface area contributed by atoms with Gasteiger partial charge in [0.25, 0.3) is 11.8 Å². The second-order valence-electron chi connectivity index (χ2n) is 7.29. The van der Waals surface area contributed by atoms with Gasteiger partial charge in [-0.2, -0.15) is 0 Å². The first-order valence-electron chi connectivity index (χ1n) is 9.68. The molecule has 0 spiro atoms. The highest BCUT2D eigenvalue weighted by Gasteiger charge is 2.41. The molecule has 3 rings (SSSR count). The molecule has 2 aromatic carbocycles. The van der Waals surface area contributed by atoms with Crippen molar-refractivity contribution < 1.29 is 24.2 Å². The maximum Gasteiger partial charge on any atom is 0.323 e. The van der Waals surface area contributed by atoms with E-state index in [0.29, 0.717) is 17.0 Å².